The quantitative estimate of drug-likeness (QED) is 0.695. The number of rotatable bonds is 6. The SMILES string of the molecule is O=C(O)CCCCNC(=O)Nc1cccc(F)c1F. The van der Waals surface area contributed by atoms with Crippen LogP contribution in [0.1, 0.15) is 19.3 Å². The fourth-order valence-electron chi connectivity index (χ4n) is 1.37. The van der Waals surface area contributed by atoms with Crippen LogP contribution in [0.4, 0.5) is 19.3 Å². The minimum Gasteiger partial charge on any atom is -0.481 e. The van der Waals surface area contributed by atoms with Gasteiger partial charge in [0.2, 0.25) is 0 Å². The first-order valence-electron chi connectivity index (χ1n) is 5.71. The number of aliphatic carboxylic acids is 1. The van der Waals surface area contributed by atoms with Gasteiger partial charge >= 0.3 is 12.0 Å². The molecule has 3 N–H and O–H groups in total. The highest BCUT2D eigenvalue weighted by molar-refractivity contribution is 5.89. The van der Waals surface area contributed by atoms with Gasteiger partial charge in [0.25, 0.3) is 0 Å². The van der Waals surface area contributed by atoms with Crippen molar-refractivity contribution >= 4 is 17.7 Å². The number of carboxylic acid groups (broad SMARTS) is 1. The van der Waals surface area contributed by atoms with E-state index in [0.717, 1.165) is 6.07 Å². The average molecular weight is 272 g/mol. The number of hydrogen-bond donors (Lipinski definition) is 3. The molecule has 0 unspecified atom stereocenters. The Morgan fingerprint density at radius 1 is 1.21 bits per heavy atom. The lowest BCUT2D eigenvalue weighted by atomic mass is 10.2. The van der Waals surface area contributed by atoms with Crippen LogP contribution in [0.25, 0.3) is 0 Å². The number of urea groups is 1. The molecule has 0 fully saturated rings. The van der Waals surface area contributed by atoms with Crippen molar-refractivity contribution in [3.8, 4) is 0 Å². The Bertz CT molecular complexity index is 466. The van der Waals surface area contributed by atoms with E-state index in [0.29, 0.717) is 12.8 Å². The third-order valence-electron chi connectivity index (χ3n) is 2.30. The number of halogens is 2. The molecule has 0 aliphatic carbocycles. The summed E-state index contributed by atoms with van der Waals surface area (Å²) in [7, 11) is 0. The van der Waals surface area contributed by atoms with Crippen LogP contribution in [0.3, 0.4) is 0 Å². The van der Waals surface area contributed by atoms with E-state index in [-0.39, 0.29) is 18.7 Å². The minimum absolute atomic E-state index is 0.0296. The van der Waals surface area contributed by atoms with Crippen molar-refractivity contribution in [3.63, 3.8) is 0 Å². The second-order valence-corrected chi connectivity index (χ2v) is 3.83. The molecule has 0 saturated carbocycles. The van der Waals surface area contributed by atoms with Crippen LogP contribution in [-0.4, -0.2) is 23.7 Å². The first kappa shape index (κ1) is 14.9. The van der Waals surface area contributed by atoms with Gasteiger partial charge < -0.3 is 15.7 Å². The summed E-state index contributed by atoms with van der Waals surface area (Å²) in [6, 6.07) is 2.80. The van der Waals surface area contributed by atoms with Gasteiger partial charge in [0.15, 0.2) is 11.6 Å². The molecule has 1 aromatic carbocycles. The summed E-state index contributed by atoms with van der Waals surface area (Å²) in [6.07, 6.45) is 0.955. The van der Waals surface area contributed by atoms with E-state index < -0.39 is 23.6 Å². The van der Waals surface area contributed by atoms with E-state index >= 15 is 0 Å². The summed E-state index contributed by atoms with van der Waals surface area (Å²) in [6.45, 7) is 0.260. The molecule has 0 radical (unpaired) electrons. The Kier molecular flexibility index (Phi) is 5.72. The monoisotopic (exact) mass is 272 g/mol. The van der Waals surface area contributed by atoms with Gasteiger partial charge in [-0.3, -0.25) is 4.79 Å². The molecule has 5 nitrogen and oxygen atoms in total. The number of nitrogens with one attached hydrogen (secondary N) is 2. The number of amides is 2. The third kappa shape index (κ3) is 5.33. The van der Waals surface area contributed by atoms with Crippen LogP contribution in [0.2, 0.25) is 0 Å². The summed E-state index contributed by atoms with van der Waals surface area (Å²) >= 11 is 0. The van der Waals surface area contributed by atoms with Crippen molar-refractivity contribution < 1.29 is 23.5 Å². The Hall–Kier alpha value is -2.18. The molecule has 7 heteroatoms. The zero-order chi connectivity index (χ0) is 14.3. The zero-order valence-corrected chi connectivity index (χ0v) is 10.1. The zero-order valence-electron chi connectivity index (χ0n) is 10.1. The standard InChI is InChI=1S/C12H14F2N2O3/c13-8-4-3-5-9(11(8)14)16-12(19)15-7-2-1-6-10(17)18/h3-5H,1-2,6-7H2,(H,17,18)(H2,15,16,19). The van der Waals surface area contributed by atoms with Crippen LogP contribution in [-0.2, 0) is 4.79 Å². The lowest BCUT2D eigenvalue weighted by Crippen LogP contribution is -2.30. The number of carboxylic acids is 1. The molecule has 0 bridgehead atoms. The summed E-state index contributed by atoms with van der Waals surface area (Å²) in [5.74, 6) is -3.06. The normalized spacial score (nSPS) is 10.0. The molecule has 0 heterocycles. The Morgan fingerprint density at radius 3 is 2.63 bits per heavy atom. The van der Waals surface area contributed by atoms with E-state index in [1.54, 1.807) is 0 Å². The number of unbranched alkanes of at least 4 members (excludes halogenated alkanes) is 1. The van der Waals surface area contributed by atoms with Crippen LogP contribution < -0.4 is 10.6 Å². The van der Waals surface area contributed by atoms with E-state index in [1.165, 1.54) is 12.1 Å². The molecular weight excluding hydrogens is 258 g/mol. The summed E-state index contributed by atoms with van der Waals surface area (Å²) in [5, 5.41) is 13.0. The second kappa shape index (κ2) is 7.30. The molecule has 2 amide bonds. The Morgan fingerprint density at radius 2 is 1.95 bits per heavy atom. The number of carbonyl (C=O) groups excluding carboxylic acids is 1. The largest absolute Gasteiger partial charge is 0.481 e. The molecule has 0 aliphatic heterocycles. The van der Waals surface area contributed by atoms with E-state index in [9.17, 15) is 18.4 Å². The summed E-state index contributed by atoms with van der Waals surface area (Å²) in [4.78, 5) is 21.6. The first-order chi connectivity index (χ1) is 9.00. The fraction of sp³-hybridized carbons (Fsp3) is 0.333. The minimum atomic E-state index is -1.12. The van der Waals surface area contributed by atoms with Gasteiger partial charge in [0.05, 0.1) is 5.69 Å². The number of carbonyl (C=O) groups is 2. The second-order valence-electron chi connectivity index (χ2n) is 3.83. The molecular formula is C12H14F2N2O3. The maximum Gasteiger partial charge on any atom is 0.319 e. The average Bonchev–Trinajstić information content (AvgIpc) is 2.34. The Labute approximate surface area is 108 Å². The molecule has 1 rings (SSSR count). The molecule has 19 heavy (non-hydrogen) atoms. The van der Waals surface area contributed by atoms with E-state index in [4.69, 9.17) is 5.11 Å². The molecule has 0 aromatic heterocycles. The van der Waals surface area contributed by atoms with Crippen LogP contribution in [0.15, 0.2) is 18.2 Å². The predicted octanol–water partition coefficient (Wildman–Crippen LogP) is 2.34. The van der Waals surface area contributed by atoms with Gasteiger partial charge in [-0.1, -0.05) is 6.07 Å². The van der Waals surface area contributed by atoms with E-state index in [1.807, 2.05) is 0 Å². The molecule has 1 aromatic rings. The van der Waals surface area contributed by atoms with Crippen LogP contribution in [0, 0.1) is 11.6 Å². The highest BCUT2D eigenvalue weighted by atomic mass is 19.2. The van der Waals surface area contributed by atoms with Crippen molar-refractivity contribution in [1.29, 1.82) is 0 Å². The lowest BCUT2D eigenvalue weighted by Gasteiger charge is -2.08. The van der Waals surface area contributed by atoms with Crippen molar-refractivity contribution in [2.45, 2.75) is 19.3 Å². The number of anilines is 1. The van der Waals surface area contributed by atoms with Gasteiger partial charge in [0, 0.05) is 13.0 Å². The van der Waals surface area contributed by atoms with Crippen LogP contribution >= 0.6 is 0 Å². The van der Waals surface area contributed by atoms with Gasteiger partial charge in [-0.15, -0.1) is 0 Å². The molecule has 0 atom stereocenters. The van der Waals surface area contributed by atoms with Crippen molar-refractivity contribution in [1.82, 2.24) is 5.32 Å². The maximum absolute atomic E-state index is 13.2. The predicted molar refractivity (Wildman–Crippen MR) is 64.9 cm³/mol. The molecule has 0 spiro atoms. The molecule has 0 aliphatic rings. The topological polar surface area (TPSA) is 78.4 Å². The van der Waals surface area contributed by atoms with Crippen molar-refractivity contribution in [2.24, 2.45) is 0 Å². The number of benzene rings is 1. The van der Waals surface area contributed by atoms with Crippen molar-refractivity contribution in [3.05, 3.63) is 29.8 Å². The molecule has 104 valence electrons. The Balaban J connectivity index is 2.31. The van der Waals surface area contributed by atoms with Gasteiger partial charge in [0.1, 0.15) is 0 Å². The van der Waals surface area contributed by atoms with Gasteiger partial charge in [-0.2, -0.15) is 0 Å². The lowest BCUT2D eigenvalue weighted by molar-refractivity contribution is -0.137. The highest BCUT2D eigenvalue weighted by Crippen LogP contribution is 2.16. The maximum atomic E-state index is 13.2. The van der Waals surface area contributed by atoms with Crippen LogP contribution in [0.5, 0.6) is 0 Å². The third-order valence-corrected chi connectivity index (χ3v) is 2.30. The molecule has 0 saturated heterocycles. The summed E-state index contributed by atoms with van der Waals surface area (Å²) in [5.41, 5.74) is -0.247. The van der Waals surface area contributed by atoms with E-state index in [2.05, 4.69) is 10.6 Å². The van der Waals surface area contributed by atoms with Gasteiger partial charge in [-0.05, 0) is 25.0 Å². The highest BCUT2D eigenvalue weighted by Gasteiger charge is 2.09. The first-order valence-corrected chi connectivity index (χ1v) is 5.71. The van der Waals surface area contributed by atoms with Gasteiger partial charge in [-0.25, -0.2) is 13.6 Å². The smallest absolute Gasteiger partial charge is 0.319 e. The van der Waals surface area contributed by atoms with Crippen molar-refractivity contribution in [2.75, 3.05) is 11.9 Å². The summed E-state index contributed by atoms with van der Waals surface area (Å²) < 4.78 is 26.1. The number of hydrogen-bond acceptors (Lipinski definition) is 2. The fourth-order valence-corrected chi connectivity index (χ4v) is 1.37.